The molecule has 1 amide bonds. The van der Waals surface area contributed by atoms with E-state index in [0.717, 1.165) is 45.2 Å². The molecule has 1 saturated heterocycles. The summed E-state index contributed by atoms with van der Waals surface area (Å²) in [4.78, 5) is 25.5. The van der Waals surface area contributed by atoms with Gasteiger partial charge in [-0.15, -0.1) is 0 Å². The van der Waals surface area contributed by atoms with Gasteiger partial charge in [0.15, 0.2) is 0 Å². The van der Waals surface area contributed by atoms with Crippen LogP contribution in [0.25, 0.3) is 0 Å². The number of fused-ring (bicyclic) bond motifs is 2. The molecule has 5 saturated carbocycles. The van der Waals surface area contributed by atoms with E-state index in [1.165, 1.54) is 25.7 Å². The maximum Gasteiger partial charge on any atom is 0.240 e. The van der Waals surface area contributed by atoms with Crippen LogP contribution in [-0.4, -0.2) is 135 Å². The Bertz CT molecular complexity index is 1180. The Morgan fingerprint density at radius 2 is 1.79 bits per heavy atom. The number of hydrogen-bond donors (Lipinski definition) is 4. The summed E-state index contributed by atoms with van der Waals surface area (Å²) in [6, 6.07) is 0.473. The molecule has 5 aliphatic carbocycles. The number of methoxy groups -OCH3 is 1. The number of carbonyl (C=O) groups excluding carboxylic acids is 1. The van der Waals surface area contributed by atoms with Crippen molar-refractivity contribution in [2.24, 2.45) is 58.2 Å². The van der Waals surface area contributed by atoms with Gasteiger partial charge in [-0.05, 0) is 139 Å². The fourth-order valence-electron chi connectivity index (χ4n) is 12.2. The van der Waals surface area contributed by atoms with Crippen molar-refractivity contribution >= 4 is 5.91 Å². The number of hydroxylamine groups is 2. The molecule has 1 heterocycles. The van der Waals surface area contributed by atoms with Gasteiger partial charge in [0.1, 0.15) is 12.1 Å². The van der Waals surface area contributed by atoms with Crippen molar-refractivity contribution in [3.63, 3.8) is 0 Å². The molecule has 0 radical (unpaired) electrons. The van der Waals surface area contributed by atoms with Crippen LogP contribution in [-0.2, 0) is 14.4 Å². The second-order valence-electron chi connectivity index (χ2n) is 20.9. The monoisotopic (exact) mass is 748 g/mol. The zero-order chi connectivity index (χ0) is 39.0. The average Bonchev–Trinajstić information content (AvgIpc) is 3.45. The van der Waals surface area contributed by atoms with Crippen LogP contribution in [0, 0.1) is 58.2 Å². The number of hydrogen-bond acceptors (Lipinski definition) is 9. The molecular weight excluding hydrogens is 667 g/mol. The topological polar surface area (TPSA) is 110 Å². The van der Waals surface area contributed by atoms with Crippen molar-refractivity contribution in [2.45, 2.75) is 149 Å². The van der Waals surface area contributed by atoms with Gasteiger partial charge in [0, 0.05) is 50.2 Å². The van der Waals surface area contributed by atoms with E-state index < -0.39 is 24.2 Å². The second-order valence-corrected chi connectivity index (χ2v) is 20.9. The quantitative estimate of drug-likeness (QED) is 0.187. The molecule has 0 spiro atoms. The third kappa shape index (κ3) is 10.0. The van der Waals surface area contributed by atoms with Crippen LogP contribution in [0.15, 0.2) is 0 Å². The Morgan fingerprint density at radius 1 is 1.08 bits per heavy atom. The fraction of sp³-hybridized carbons (Fsp3) is 0.977. The van der Waals surface area contributed by atoms with Gasteiger partial charge in [0.2, 0.25) is 5.91 Å². The maximum absolute atomic E-state index is 14.3. The van der Waals surface area contributed by atoms with Crippen LogP contribution < -0.4 is 10.6 Å². The minimum atomic E-state index is -0.794. The number of amides is 1. The summed E-state index contributed by atoms with van der Waals surface area (Å²) in [5, 5.41) is 30.8. The predicted octanol–water partition coefficient (Wildman–Crippen LogP) is 4.88. The van der Waals surface area contributed by atoms with Gasteiger partial charge in [-0.1, -0.05) is 48.0 Å². The number of carbonyl (C=O) groups is 1. The molecule has 6 aliphatic rings. The molecule has 53 heavy (non-hydrogen) atoms. The molecule has 6 fully saturated rings. The van der Waals surface area contributed by atoms with Crippen LogP contribution in [0.2, 0.25) is 0 Å². The number of aliphatic hydroxyl groups is 2. The zero-order valence-corrected chi connectivity index (χ0v) is 35.8. The molecule has 2 bridgehead atoms. The molecule has 10 nitrogen and oxygen atoms in total. The van der Waals surface area contributed by atoms with Crippen molar-refractivity contribution < 1.29 is 24.6 Å². The Morgan fingerprint density at radius 3 is 2.36 bits per heavy atom. The van der Waals surface area contributed by atoms with Gasteiger partial charge in [-0.25, -0.2) is 0 Å². The Hall–Kier alpha value is -0.850. The summed E-state index contributed by atoms with van der Waals surface area (Å²) in [5.74, 6) is 2.87. The van der Waals surface area contributed by atoms with E-state index in [1.807, 2.05) is 12.2 Å². The van der Waals surface area contributed by atoms with Crippen LogP contribution in [0.4, 0.5) is 0 Å². The minimum Gasteiger partial charge on any atom is -0.394 e. The first-order valence-corrected chi connectivity index (χ1v) is 21.4. The third-order valence-corrected chi connectivity index (χ3v) is 15.0. The van der Waals surface area contributed by atoms with Crippen LogP contribution in [0.1, 0.15) is 106 Å². The van der Waals surface area contributed by atoms with E-state index in [2.05, 4.69) is 90.2 Å². The Balaban J connectivity index is 1.29. The normalized spacial score (nSPS) is 40.3. The summed E-state index contributed by atoms with van der Waals surface area (Å²) in [5.41, 5.74) is 0.608. The predicted molar refractivity (Wildman–Crippen MR) is 213 cm³/mol. The molecule has 0 aromatic heterocycles. The van der Waals surface area contributed by atoms with Crippen molar-refractivity contribution in [3.8, 4) is 0 Å². The fourth-order valence-corrected chi connectivity index (χ4v) is 12.2. The minimum absolute atomic E-state index is 0.0591. The van der Waals surface area contributed by atoms with Crippen LogP contribution in [0.3, 0.4) is 0 Å². The molecule has 6 rings (SSSR count). The summed E-state index contributed by atoms with van der Waals surface area (Å²) < 4.78 is 6.49. The van der Waals surface area contributed by atoms with E-state index in [9.17, 15) is 15.0 Å². The van der Waals surface area contributed by atoms with Crippen molar-refractivity contribution in [2.75, 3.05) is 61.5 Å². The van der Waals surface area contributed by atoms with Crippen LogP contribution in [0.5, 0.6) is 0 Å². The molecule has 0 aromatic carbocycles. The Kier molecular flexibility index (Phi) is 14.5. The lowest BCUT2D eigenvalue weighted by Crippen LogP contribution is -2.62. The van der Waals surface area contributed by atoms with E-state index in [0.29, 0.717) is 59.6 Å². The second kappa shape index (κ2) is 17.7. The van der Waals surface area contributed by atoms with Gasteiger partial charge in [0.25, 0.3) is 0 Å². The lowest BCUT2D eigenvalue weighted by Gasteiger charge is -2.62. The Labute approximate surface area is 323 Å². The molecule has 4 N–H and O–H groups in total. The van der Waals surface area contributed by atoms with E-state index in [-0.39, 0.29) is 36.0 Å². The van der Waals surface area contributed by atoms with Gasteiger partial charge >= 0.3 is 0 Å². The lowest BCUT2D eigenvalue weighted by molar-refractivity contribution is -0.193. The summed E-state index contributed by atoms with van der Waals surface area (Å²) in [6.45, 7) is 18.2. The number of likely N-dealkylation sites (N-methyl/N-ethyl adjacent to an activating group) is 1. The first-order chi connectivity index (χ1) is 24.8. The summed E-state index contributed by atoms with van der Waals surface area (Å²) in [6.07, 6.45) is 8.96. The summed E-state index contributed by atoms with van der Waals surface area (Å²) >= 11 is 0. The van der Waals surface area contributed by atoms with Crippen molar-refractivity contribution in [1.82, 2.24) is 25.5 Å². The molecular formula is C43H81N5O5. The van der Waals surface area contributed by atoms with E-state index >= 15 is 0 Å². The average molecular weight is 748 g/mol. The number of aliphatic hydroxyl groups excluding tert-OH is 2. The molecule has 15 atom stereocenters. The summed E-state index contributed by atoms with van der Waals surface area (Å²) in [7, 11) is 10.7. The molecule has 1 aliphatic heterocycles. The molecule has 308 valence electrons. The molecule has 7 unspecified atom stereocenters. The number of nitrogens with zero attached hydrogens (tertiary/aromatic N) is 3. The smallest absolute Gasteiger partial charge is 0.240 e. The van der Waals surface area contributed by atoms with E-state index in [1.54, 1.807) is 6.92 Å². The van der Waals surface area contributed by atoms with Crippen molar-refractivity contribution in [1.29, 1.82) is 0 Å². The maximum atomic E-state index is 14.3. The highest BCUT2D eigenvalue weighted by atomic mass is 16.7. The number of nitrogens with one attached hydrogen (secondary N) is 2. The van der Waals surface area contributed by atoms with Gasteiger partial charge in [0.05, 0.1) is 18.8 Å². The van der Waals surface area contributed by atoms with Crippen molar-refractivity contribution in [3.05, 3.63) is 0 Å². The largest absolute Gasteiger partial charge is 0.394 e. The third-order valence-electron chi connectivity index (χ3n) is 15.0. The number of ether oxygens (including phenoxy) is 1. The SMILES string of the molecule is COC1C(CN2O[C@@H](CO)[C@H]([C@H](C)O)[C@H]2C(=O)NC2C[C@H]3C[C@@H]([C@@H]2C)C3(C)C)CCCC1C1CC(CN[C@H](CN(C)C)CC(C)(C)C)CC(N(C)C)C1. The van der Waals surface area contributed by atoms with Gasteiger partial charge < -0.3 is 35.4 Å². The standard InChI is InChI=1S/C43H81N5O5/c1-26-35-19-31(43(35,6)7)20-36(26)45-41(51)39-38(27(2)50)37(25-49)53-48(39)23-29-14-13-15-34(40(29)52-12)30-16-28(17-33(18-30)47(10)11)22-44-32(24-46(8)9)21-42(3,4)5/h26-40,44,49-50H,13-25H2,1-12H3,(H,45,51)/t26-,27-,28?,29?,30?,31+,32-,33?,34?,35-,36?,37-,38-,39-,40?/m0/s1. The zero-order valence-electron chi connectivity index (χ0n) is 35.8. The lowest BCUT2D eigenvalue weighted by atomic mass is 9.45. The van der Waals surface area contributed by atoms with Crippen LogP contribution >= 0.6 is 0 Å². The molecule has 0 aromatic rings. The first-order valence-electron chi connectivity index (χ1n) is 21.4. The first kappa shape index (κ1) is 43.3. The van der Waals surface area contributed by atoms with Gasteiger partial charge in [-0.3, -0.25) is 9.63 Å². The highest BCUT2D eigenvalue weighted by molar-refractivity contribution is 5.82. The van der Waals surface area contributed by atoms with Gasteiger partial charge in [-0.2, -0.15) is 5.06 Å². The highest BCUT2D eigenvalue weighted by Crippen LogP contribution is 2.61. The number of rotatable bonds is 15. The molecule has 10 heteroatoms. The van der Waals surface area contributed by atoms with E-state index in [4.69, 9.17) is 9.57 Å². The highest BCUT2D eigenvalue weighted by Gasteiger charge is 2.58.